The number of carbonyl (C=O) groups is 1. The number of rotatable bonds is 9. The lowest BCUT2D eigenvalue weighted by Crippen LogP contribution is -2.19. The van der Waals surface area contributed by atoms with E-state index in [2.05, 4.69) is 13.5 Å². The van der Waals surface area contributed by atoms with Crippen molar-refractivity contribution in [3.63, 3.8) is 0 Å². The van der Waals surface area contributed by atoms with E-state index in [4.69, 9.17) is 9.47 Å². The van der Waals surface area contributed by atoms with Gasteiger partial charge in [-0.3, -0.25) is 0 Å². The number of carbonyl (C=O) groups excluding carboxylic acids is 1. The van der Waals surface area contributed by atoms with Crippen molar-refractivity contribution in [3.8, 4) is 0 Å². The largest absolute Gasteiger partial charge is 0.459 e. The van der Waals surface area contributed by atoms with Crippen LogP contribution >= 0.6 is 0 Å². The Morgan fingerprint density at radius 2 is 2.18 bits per heavy atom. The van der Waals surface area contributed by atoms with Crippen LogP contribution < -0.4 is 0 Å². The number of hydrogen-bond acceptors (Lipinski definition) is 3. The highest BCUT2D eigenvalue weighted by atomic mass is 16.6. The van der Waals surface area contributed by atoms with Gasteiger partial charge in [-0.2, -0.15) is 0 Å². The third-order valence-corrected chi connectivity index (χ3v) is 2.96. The molecule has 1 heterocycles. The van der Waals surface area contributed by atoms with Gasteiger partial charge in [0.05, 0.1) is 12.7 Å². The minimum atomic E-state index is -0.261. The van der Waals surface area contributed by atoms with Crippen LogP contribution in [0.25, 0.3) is 0 Å². The summed E-state index contributed by atoms with van der Waals surface area (Å²) < 4.78 is 10.6. The molecule has 1 fully saturated rings. The molecule has 2 unspecified atom stereocenters. The van der Waals surface area contributed by atoms with Crippen LogP contribution in [0, 0.1) is 0 Å². The number of ether oxygens (including phenoxy) is 2. The average Bonchev–Trinajstić information content (AvgIpc) is 3.09. The first-order valence-corrected chi connectivity index (χ1v) is 6.61. The molecule has 0 aromatic rings. The van der Waals surface area contributed by atoms with Crippen LogP contribution in [-0.2, 0) is 14.3 Å². The van der Waals surface area contributed by atoms with Crippen molar-refractivity contribution in [3.05, 3.63) is 12.2 Å². The maximum absolute atomic E-state index is 11.5. The molecular formula is C14H24O3. The van der Waals surface area contributed by atoms with Gasteiger partial charge >= 0.3 is 5.97 Å². The van der Waals surface area contributed by atoms with Crippen molar-refractivity contribution >= 4 is 5.97 Å². The molecule has 3 heteroatoms. The predicted molar refractivity (Wildman–Crippen MR) is 67.8 cm³/mol. The summed E-state index contributed by atoms with van der Waals surface area (Å²) in [7, 11) is 0. The van der Waals surface area contributed by atoms with Crippen LogP contribution in [0.15, 0.2) is 12.2 Å². The normalized spacial score (nSPS) is 19.8. The van der Waals surface area contributed by atoms with Gasteiger partial charge in [0.25, 0.3) is 0 Å². The predicted octanol–water partition coefficient (Wildman–Crippen LogP) is 3.23. The lowest BCUT2D eigenvalue weighted by molar-refractivity contribution is -0.145. The highest BCUT2D eigenvalue weighted by Gasteiger charge is 2.24. The zero-order valence-corrected chi connectivity index (χ0v) is 11.0. The molecule has 0 spiro atoms. The van der Waals surface area contributed by atoms with Crippen LogP contribution in [0.3, 0.4) is 0 Å². The maximum atomic E-state index is 11.5. The van der Waals surface area contributed by atoms with Gasteiger partial charge in [-0.15, -0.1) is 0 Å². The molecule has 0 aromatic carbocycles. The monoisotopic (exact) mass is 240 g/mol. The van der Waals surface area contributed by atoms with Gasteiger partial charge in [0.1, 0.15) is 6.10 Å². The van der Waals surface area contributed by atoms with Gasteiger partial charge in [0, 0.05) is 5.57 Å². The Kier molecular flexibility index (Phi) is 6.27. The van der Waals surface area contributed by atoms with E-state index >= 15 is 0 Å². The van der Waals surface area contributed by atoms with Crippen molar-refractivity contribution in [1.29, 1.82) is 0 Å². The van der Waals surface area contributed by atoms with Crippen molar-refractivity contribution < 1.29 is 14.3 Å². The molecule has 0 aliphatic carbocycles. The van der Waals surface area contributed by atoms with E-state index in [-0.39, 0.29) is 12.1 Å². The molecule has 0 bridgehead atoms. The minimum absolute atomic E-state index is 0.0370. The van der Waals surface area contributed by atoms with Gasteiger partial charge in [0.15, 0.2) is 0 Å². The number of esters is 1. The van der Waals surface area contributed by atoms with Crippen molar-refractivity contribution in [2.75, 3.05) is 6.61 Å². The molecule has 2 atom stereocenters. The molecule has 0 radical (unpaired) electrons. The van der Waals surface area contributed by atoms with Crippen molar-refractivity contribution in [2.45, 2.75) is 64.6 Å². The standard InChI is InChI=1S/C14H24O3/c1-4-5-6-7-12(8-9-13-10-16-13)17-14(15)11(2)3/h12-13H,2,4-10H2,1,3H3. The molecule has 1 aliphatic rings. The second kappa shape index (κ2) is 7.49. The molecule has 0 amide bonds. The van der Waals surface area contributed by atoms with Crippen molar-refractivity contribution in [1.82, 2.24) is 0 Å². The Morgan fingerprint density at radius 3 is 2.71 bits per heavy atom. The first-order chi connectivity index (χ1) is 8.13. The fraction of sp³-hybridized carbons (Fsp3) is 0.786. The van der Waals surface area contributed by atoms with Gasteiger partial charge in [-0.25, -0.2) is 4.79 Å². The molecule has 0 aromatic heterocycles. The SMILES string of the molecule is C=C(C)C(=O)OC(CCCCC)CCC1CO1. The summed E-state index contributed by atoms with van der Waals surface area (Å²) in [6, 6.07) is 0. The van der Waals surface area contributed by atoms with Gasteiger partial charge in [-0.05, 0) is 32.6 Å². The van der Waals surface area contributed by atoms with E-state index in [1.54, 1.807) is 6.92 Å². The second-order valence-corrected chi connectivity index (χ2v) is 4.84. The first-order valence-electron chi connectivity index (χ1n) is 6.61. The van der Waals surface area contributed by atoms with E-state index in [0.29, 0.717) is 11.7 Å². The fourth-order valence-electron chi connectivity index (χ4n) is 1.74. The molecule has 17 heavy (non-hydrogen) atoms. The van der Waals surface area contributed by atoms with E-state index in [0.717, 1.165) is 32.3 Å². The van der Waals surface area contributed by atoms with Crippen molar-refractivity contribution in [2.24, 2.45) is 0 Å². The lowest BCUT2D eigenvalue weighted by Gasteiger charge is -2.17. The summed E-state index contributed by atoms with van der Waals surface area (Å²) in [5.74, 6) is -0.261. The first kappa shape index (κ1) is 14.2. The number of epoxide rings is 1. The summed E-state index contributed by atoms with van der Waals surface area (Å²) >= 11 is 0. The zero-order valence-electron chi connectivity index (χ0n) is 11.0. The Hall–Kier alpha value is -0.830. The Morgan fingerprint density at radius 1 is 1.47 bits per heavy atom. The molecule has 0 N–H and O–H groups in total. The van der Waals surface area contributed by atoms with Crippen LogP contribution in [0.1, 0.15) is 52.4 Å². The summed E-state index contributed by atoms with van der Waals surface area (Å²) in [5.41, 5.74) is 0.480. The van der Waals surface area contributed by atoms with E-state index < -0.39 is 0 Å². The Balaban J connectivity index is 2.27. The molecule has 1 saturated heterocycles. The smallest absolute Gasteiger partial charge is 0.333 e. The van der Waals surface area contributed by atoms with Crippen LogP contribution in [-0.4, -0.2) is 24.8 Å². The molecule has 1 rings (SSSR count). The van der Waals surface area contributed by atoms with Crippen LogP contribution in [0.2, 0.25) is 0 Å². The summed E-state index contributed by atoms with van der Waals surface area (Å²) in [6.07, 6.45) is 6.82. The topological polar surface area (TPSA) is 38.8 Å². The highest BCUT2D eigenvalue weighted by molar-refractivity contribution is 5.87. The van der Waals surface area contributed by atoms with E-state index in [1.165, 1.54) is 12.8 Å². The van der Waals surface area contributed by atoms with E-state index in [9.17, 15) is 4.79 Å². The third-order valence-electron chi connectivity index (χ3n) is 2.96. The van der Waals surface area contributed by atoms with Gasteiger partial charge in [-0.1, -0.05) is 26.3 Å². The Labute approximate surface area is 104 Å². The maximum Gasteiger partial charge on any atom is 0.333 e. The second-order valence-electron chi connectivity index (χ2n) is 4.84. The van der Waals surface area contributed by atoms with Crippen LogP contribution in [0.4, 0.5) is 0 Å². The molecule has 3 nitrogen and oxygen atoms in total. The number of hydrogen-bond donors (Lipinski definition) is 0. The average molecular weight is 240 g/mol. The molecule has 0 saturated carbocycles. The minimum Gasteiger partial charge on any atom is -0.459 e. The molecule has 1 aliphatic heterocycles. The quantitative estimate of drug-likeness (QED) is 0.269. The van der Waals surface area contributed by atoms with E-state index in [1.807, 2.05) is 0 Å². The summed E-state index contributed by atoms with van der Waals surface area (Å²) in [4.78, 5) is 11.5. The third kappa shape index (κ3) is 6.47. The van der Waals surface area contributed by atoms with Gasteiger partial charge < -0.3 is 9.47 Å². The fourth-order valence-corrected chi connectivity index (χ4v) is 1.74. The number of unbranched alkanes of at least 4 members (excludes halogenated alkanes) is 2. The summed E-state index contributed by atoms with van der Waals surface area (Å²) in [5, 5.41) is 0. The molecular weight excluding hydrogens is 216 g/mol. The zero-order chi connectivity index (χ0) is 12.7. The lowest BCUT2D eigenvalue weighted by atomic mass is 10.1. The van der Waals surface area contributed by atoms with Gasteiger partial charge in [0.2, 0.25) is 0 Å². The summed E-state index contributed by atoms with van der Waals surface area (Å²) in [6.45, 7) is 8.35. The highest BCUT2D eigenvalue weighted by Crippen LogP contribution is 2.21. The van der Waals surface area contributed by atoms with Crippen LogP contribution in [0.5, 0.6) is 0 Å². The Bertz CT molecular complexity index is 256. The molecule has 98 valence electrons.